The van der Waals surface area contributed by atoms with Crippen molar-refractivity contribution in [2.24, 2.45) is 0 Å². The standard InChI is InChI=1S/C22H31BN2O3/c1-13(2)28-19-11-15-14(10-18(19)27-7)8-9-25-17(12-16(23)20(15)25)21(26)24(6)22(3,4)5/h10-13H,8-9,23H2,1-7H3. The van der Waals surface area contributed by atoms with E-state index in [4.69, 9.17) is 9.47 Å². The van der Waals surface area contributed by atoms with Crippen molar-refractivity contribution in [3.05, 3.63) is 29.5 Å². The quantitative estimate of drug-likeness (QED) is 0.764. The summed E-state index contributed by atoms with van der Waals surface area (Å²) < 4.78 is 13.7. The fourth-order valence-electron chi connectivity index (χ4n) is 3.70. The van der Waals surface area contributed by atoms with Crippen molar-refractivity contribution in [1.82, 2.24) is 9.47 Å². The van der Waals surface area contributed by atoms with E-state index in [2.05, 4.69) is 45.3 Å². The predicted molar refractivity (Wildman–Crippen MR) is 116 cm³/mol. The molecule has 0 unspecified atom stereocenters. The van der Waals surface area contributed by atoms with E-state index in [0.29, 0.717) is 0 Å². The van der Waals surface area contributed by atoms with Gasteiger partial charge in [0, 0.05) is 30.4 Å². The highest BCUT2D eigenvalue weighted by Crippen LogP contribution is 2.39. The Hall–Kier alpha value is -2.37. The highest BCUT2D eigenvalue weighted by atomic mass is 16.5. The van der Waals surface area contributed by atoms with Crippen LogP contribution < -0.4 is 14.9 Å². The lowest BCUT2D eigenvalue weighted by Gasteiger charge is -2.33. The second-order valence-electron chi connectivity index (χ2n) is 8.82. The van der Waals surface area contributed by atoms with Crippen molar-refractivity contribution in [1.29, 1.82) is 0 Å². The van der Waals surface area contributed by atoms with E-state index in [9.17, 15) is 4.79 Å². The molecule has 1 aromatic heterocycles. The van der Waals surface area contributed by atoms with Crippen LogP contribution in [0.15, 0.2) is 18.2 Å². The van der Waals surface area contributed by atoms with Crippen LogP contribution in [0, 0.1) is 0 Å². The Balaban J connectivity index is 2.12. The molecule has 0 aliphatic carbocycles. The minimum absolute atomic E-state index is 0.0532. The van der Waals surface area contributed by atoms with Crippen LogP contribution in [-0.4, -0.2) is 49.0 Å². The maximum Gasteiger partial charge on any atom is 0.270 e. The molecule has 0 radical (unpaired) electrons. The van der Waals surface area contributed by atoms with Gasteiger partial charge in [-0.3, -0.25) is 4.79 Å². The van der Waals surface area contributed by atoms with E-state index in [1.807, 2.05) is 31.9 Å². The summed E-state index contributed by atoms with van der Waals surface area (Å²) in [7, 11) is 5.61. The van der Waals surface area contributed by atoms with E-state index in [1.165, 1.54) is 5.56 Å². The average Bonchev–Trinajstić information content (AvgIpc) is 2.95. The van der Waals surface area contributed by atoms with Crippen molar-refractivity contribution >= 4 is 19.2 Å². The smallest absolute Gasteiger partial charge is 0.270 e. The van der Waals surface area contributed by atoms with Gasteiger partial charge in [0.2, 0.25) is 0 Å². The van der Waals surface area contributed by atoms with Crippen LogP contribution in [0.25, 0.3) is 11.3 Å². The van der Waals surface area contributed by atoms with Crippen molar-refractivity contribution in [3.63, 3.8) is 0 Å². The van der Waals surface area contributed by atoms with Crippen molar-refractivity contribution in [2.75, 3.05) is 14.2 Å². The number of fused-ring (bicyclic) bond motifs is 3. The molecule has 0 saturated carbocycles. The lowest BCUT2D eigenvalue weighted by atomic mass is 9.88. The first kappa shape index (κ1) is 20.4. The van der Waals surface area contributed by atoms with Gasteiger partial charge in [0.15, 0.2) is 11.5 Å². The first-order valence-electron chi connectivity index (χ1n) is 9.90. The highest BCUT2D eigenvalue weighted by molar-refractivity contribution is 6.36. The number of ether oxygens (including phenoxy) is 2. The summed E-state index contributed by atoms with van der Waals surface area (Å²) in [5, 5.41) is 0. The van der Waals surface area contributed by atoms with Gasteiger partial charge in [-0.15, -0.1) is 0 Å². The number of carbonyl (C=O) groups is 1. The zero-order valence-electron chi connectivity index (χ0n) is 18.3. The zero-order chi connectivity index (χ0) is 20.8. The average molecular weight is 382 g/mol. The number of benzene rings is 1. The summed E-state index contributed by atoms with van der Waals surface area (Å²) in [4.78, 5) is 15.0. The second-order valence-corrected chi connectivity index (χ2v) is 8.82. The van der Waals surface area contributed by atoms with Gasteiger partial charge in [-0.25, -0.2) is 0 Å². The van der Waals surface area contributed by atoms with Crippen molar-refractivity contribution in [2.45, 2.75) is 59.2 Å². The number of nitrogens with zero attached hydrogens (tertiary/aromatic N) is 2. The number of hydrogen-bond acceptors (Lipinski definition) is 3. The highest BCUT2D eigenvalue weighted by Gasteiger charge is 2.30. The summed E-state index contributed by atoms with van der Waals surface area (Å²) in [6.07, 6.45) is 0.912. The normalized spacial score (nSPS) is 13.1. The Labute approximate surface area is 169 Å². The topological polar surface area (TPSA) is 43.7 Å². The molecule has 1 amide bonds. The first-order chi connectivity index (χ1) is 13.0. The largest absolute Gasteiger partial charge is 0.493 e. The van der Waals surface area contributed by atoms with Gasteiger partial charge in [0.25, 0.3) is 5.91 Å². The third kappa shape index (κ3) is 3.52. The maximum atomic E-state index is 13.2. The zero-order valence-corrected chi connectivity index (χ0v) is 18.3. The SMILES string of the molecule is Bc1cc(C(=O)N(C)C(C)(C)C)n2c1-c1cc(OC(C)C)c(OC)cc1CC2. The molecule has 0 spiro atoms. The number of rotatable bonds is 4. The molecule has 2 heterocycles. The summed E-state index contributed by atoms with van der Waals surface area (Å²) in [5.41, 5.74) is 5.07. The predicted octanol–water partition coefficient (Wildman–Crippen LogP) is 2.64. The Morgan fingerprint density at radius 3 is 2.46 bits per heavy atom. The summed E-state index contributed by atoms with van der Waals surface area (Å²) >= 11 is 0. The molecule has 6 heteroatoms. The lowest BCUT2D eigenvalue weighted by molar-refractivity contribution is 0.0644. The lowest BCUT2D eigenvalue weighted by Crippen LogP contribution is -2.43. The Morgan fingerprint density at radius 2 is 1.89 bits per heavy atom. The van der Waals surface area contributed by atoms with Gasteiger partial charge >= 0.3 is 0 Å². The number of aromatic nitrogens is 1. The van der Waals surface area contributed by atoms with E-state index in [-0.39, 0.29) is 17.6 Å². The molecule has 3 rings (SSSR count). The van der Waals surface area contributed by atoms with Gasteiger partial charge in [-0.05, 0) is 64.8 Å². The van der Waals surface area contributed by atoms with Crippen LogP contribution in [0.4, 0.5) is 0 Å². The summed E-state index contributed by atoms with van der Waals surface area (Å²) in [6.45, 7) is 10.9. The van der Waals surface area contributed by atoms with Gasteiger partial charge in [0.05, 0.1) is 13.2 Å². The summed E-state index contributed by atoms with van der Waals surface area (Å²) in [6, 6.07) is 6.15. The molecular formula is C22H31BN2O3. The molecule has 28 heavy (non-hydrogen) atoms. The van der Waals surface area contributed by atoms with Crippen LogP contribution in [0.2, 0.25) is 0 Å². The van der Waals surface area contributed by atoms with Crippen molar-refractivity contribution in [3.8, 4) is 22.8 Å². The van der Waals surface area contributed by atoms with Crippen LogP contribution in [0.3, 0.4) is 0 Å². The fourth-order valence-corrected chi connectivity index (χ4v) is 3.70. The molecule has 150 valence electrons. The Kier molecular flexibility index (Phi) is 5.26. The van der Waals surface area contributed by atoms with Crippen LogP contribution in [0.1, 0.15) is 50.7 Å². The monoisotopic (exact) mass is 382 g/mol. The Bertz CT molecular complexity index is 909. The van der Waals surface area contributed by atoms with E-state index >= 15 is 0 Å². The number of amides is 1. The molecule has 2 aromatic rings. The molecule has 1 aromatic carbocycles. The second kappa shape index (κ2) is 7.23. The molecule has 0 bridgehead atoms. The third-order valence-corrected chi connectivity index (χ3v) is 5.43. The van der Waals surface area contributed by atoms with Crippen LogP contribution in [0.5, 0.6) is 11.5 Å². The molecule has 0 N–H and O–H groups in total. The fraction of sp³-hybridized carbons (Fsp3) is 0.500. The minimum Gasteiger partial charge on any atom is -0.493 e. The third-order valence-electron chi connectivity index (χ3n) is 5.43. The molecule has 1 aliphatic heterocycles. The van der Waals surface area contributed by atoms with E-state index in [0.717, 1.165) is 46.9 Å². The van der Waals surface area contributed by atoms with Crippen molar-refractivity contribution < 1.29 is 14.3 Å². The maximum absolute atomic E-state index is 13.2. The number of methoxy groups -OCH3 is 1. The number of aryl methyl sites for hydroxylation is 1. The summed E-state index contributed by atoms with van der Waals surface area (Å²) in [5.74, 6) is 1.55. The molecule has 0 fully saturated rings. The molecular weight excluding hydrogens is 351 g/mol. The molecule has 1 aliphatic rings. The molecule has 0 atom stereocenters. The molecule has 5 nitrogen and oxygen atoms in total. The number of hydrogen-bond donors (Lipinski definition) is 0. The Morgan fingerprint density at radius 1 is 1.21 bits per heavy atom. The number of carbonyl (C=O) groups excluding carboxylic acids is 1. The van der Waals surface area contributed by atoms with Gasteiger partial charge in [-0.2, -0.15) is 0 Å². The first-order valence-corrected chi connectivity index (χ1v) is 9.90. The van der Waals surface area contributed by atoms with Gasteiger partial charge in [0.1, 0.15) is 13.5 Å². The van der Waals surface area contributed by atoms with E-state index < -0.39 is 0 Å². The van der Waals surface area contributed by atoms with Gasteiger partial charge < -0.3 is 18.9 Å². The minimum atomic E-state index is -0.228. The van der Waals surface area contributed by atoms with E-state index in [1.54, 1.807) is 7.11 Å². The van der Waals surface area contributed by atoms with Crippen LogP contribution >= 0.6 is 0 Å². The van der Waals surface area contributed by atoms with Gasteiger partial charge in [-0.1, -0.05) is 5.46 Å². The molecule has 0 saturated heterocycles. The van der Waals surface area contributed by atoms with Crippen LogP contribution in [-0.2, 0) is 13.0 Å².